The lowest BCUT2D eigenvalue weighted by Gasteiger charge is -2.16. The van der Waals surface area contributed by atoms with Crippen molar-refractivity contribution in [1.29, 1.82) is 0 Å². The molecule has 5 rings (SSSR count). The SMILES string of the molecule is CO[C@@H]1CCN(C(=O)c2ccc3nc(N[C@H]4CC[C@H](Nc5ncc(SC)cn5)C4)sc3c2)C1. The van der Waals surface area contributed by atoms with Crippen LogP contribution in [0.1, 0.15) is 36.0 Å². The second kappa shape index (κ2) is 9.82. The Balaban J connectivity index is 1.19. The van der Waals surface area contributed by atoms with Crippen LogP contribution in [-0.2, 0) is 4.74 Å². The zero-order valence-electron chi connectivity index (χ0n) is 18.8. The zero-order valence-corrected chi connectivity index (χ0v) is 20.4. The standard InChI is InChI=1S/C23H28N6O2S2/c1-31-17-7-8-29(13-17)21(30)14-3-6-19-20(9-14)33-23(28-19)27-16-5-4-15(10-16)26-22-24-11-18(32-2)12-25-22/h3,6,9,11-12,15-17H,4-5,7-8,10,13H2,1-2H3,(H,27,28)(H,24,25,26)/t15-,16-,17+/m0/s1. The largest absolute Gasteiger partial charge is 0.380 e. The maximum Gasteiger partial charge on any atom is 0.253 e. The molecule has 2 N–H and O–H groups in total. The molecule has 0 spiro atoms. The first-order chi connectivity index (χ1) is 16.1. The summed E-state index contributed by atoms with van der Waals surface area (Å²) in [6.45, 7) is 1.40. The average molecular weight is 485 g/mol. The molecule has 0 unspecified atom stereocenters. The van der Waals surface area contributed by atoms with E-state index in [2.05, 4.69) is 20.6 Å². The van der Waals surface area contributed by atoms with E-state index in [4.69, 9.17) is 9.72 Å². The number of benzene rings is 1. The van der Waals surface area contributed by atoms with Crippen molar-refractivity contribution in [2.24, 2.45) is 0 Å². The molecule has 2 aliphatic rings. The third kappa shape index (κ3) is 5.07. The van der Waals surface area contributed by atoms with Crippen LogP contribution in [-0.4, -0.2) is 70.4 Å². The van der Waals surface area contributed by atoms with Crippen LogP contribution >= 0.6 is 23.1 Å². The fourth-order valence-electron chi connectivity index (χ4n) is 4.50. The minimum atomic E-state index is 0.0665. The van der Waals surface area contributed by atoms with Crippen LogP contribution in [0, 0.1) is 0 Å². The number of hydrogen-bond donors (Lipinski definition) is 2. The number of carbonyl (C=O) groups excluding carboxylic acids is 1. The molecular weight excluding hydrogens is 456 g/mol. The second-order valence-corrected chi connectivity index (χ2v) is 10.5. The first-order valence-corrected chi connectivity index (χ1v) is 13.3. The Labute approximate surface area is 201 Å². The lowest BCUT2D eigenvalue weighted by Crippen LogP contribution is -2.29. The van der Waals surface area contributed by atoms with E-state index in [1.54, 1.807) is 30.2 Å². The lowest BCUT2D eigenvalue weighted by molar-refractivity contribution is 0.0724. The third-order valence-corrected chi connectivity index (χ3v) is 7.99. The van der Waals surface area contributed by atoms with Gasteiger partial charge in [0, 0.05) is 55.1 Å². The molecule has 10 heteroatoms. The highest BCUT2D eigenvalue weighted by atomic mass is 32.2. The van der Waals surface area contributed by atoms with E-state index in [1.807, 2.05) is 41.7 Å². The number of nitrogens with one attached hydrogen (secondary N) is 2. The fraction of sp³-hybridized carbons (Fsp3) is 0.478. The summed E-state index contributed by atoms with van der Waals surface area (Å²) in [5.41, 5.74) is 1.64. The number of rotatable bonds is 7. The Morgan fingerprint density at radius 3 is 2.70 bits per heavy atom. The summed E-state index contributed by atoms with van der Waals surface area (Å²) >= 11 is 3.25. The van der Waals surface area contributed by atoms with Crippen molar-refractivity contribution < 1.29 is 9.53 Å². The van der Waals surface area contributed by atoms with E-state index in [9.17, 15) is 4.79 Å². The molecule has 174 valence electrons. The monoisotopic (exact) mass is 484 g/mol. The van der Waals surface area contributed by atoms with Gasteiger partial charge in [-0.1, -0.05) is 11.3 Å². The summed E-state index contributed by atoms with van der Waals surface area (Å²) in [6.07, 6.45) is 9.87. The molecule has 0 radical (unpaired) electrons. The molecule has 1 aromatic carbocycles. The number of fused-ring (bicyclic) bond motifs is 1. The number of ether oxygens (including phenoxy) is 1. The predicted octanol–water partition coefficient (Wildman–Crippen LogP) is 4.11. The first kappa shape index (κ1) is 22.4. The number of thiazole rings is 1. The maximum absolute atomic E-state index is 12.9. The van der Waals surface area contributed by atoms with E-state index < -0.39 is 0 Å². The Hall–Kier alpha value is -2.43. The van der Waals surface area contributed by atoms with E-state index in [1.165, 1.54) is 0 Å². The highest BCUT2D eigenvalue weighted by Gasteiger charge is 2.28. The van der Waals surface area contributed by atoms with Gasteiger partial charge in [-0.2, -0.15) is 0 Å². The van der Waals surface area contributed by atoms with E-state index >= 15 is 0 Å². The van der Waals surface area contributed by atoms with Crippen molar-refractivity contribution in [2.75, 3.05) is 37.1 Å². The fourth-order valence-corrected chi connectivity index (χ4v) is 5.80. The number of hydrogen-bond acceptors (Lipinski definition) is 9. The van der Waals surface area contributed by atoms with Crippen molar-refractivity contribution in [3.63, 3.8) is 0 Å². The number of anilines is 2. The third-order valence-electron chi connectivity index (χ3n) is 6.36. The van der Waals surface area contributed by atoms with Gasteiger partial charge < -0.3 is 20.3 Å². The minimum Gasteiger partial charge on any atom is -0.380 e. The first-order valence-electron chi connectivity index (χ1n) is 11.2. The molecule has 2 fully saturated rings. The summed E-state index contributed by atoms with van der Waals surface area (Å²) in [6, 6.07) is 6.49. The second-order valence-electron chi connectivity index (χ2n) is 8.54. The molecule has 1 saturated carbocycles. The number of nitrogens with zero attached hydrogens (tertiary/aromatic N) is 4. The van der Waals surface area contributed by atoms with Gasteiger partial charge in [-0.25, -0.2) is 15.0 Å². The Morgan fingerprint density at radius 2 is 1.97 bits per heavy atom. The topological polar surface area (TPSA) is 92.3 Å². The van der Waals surface area contributed by atoms with Gasteiger partial charge in [0.2, 0.25) is 5.95 Å². The molecular formula is C23H28N6O2S2. The molecule has 1 aliphatic carbocycles. The van der Waals surface area contributed by atoms with Gasteiger partial charge in [-0.05, 0) is 50.1 Å². The van der Waals surface area contributed by atoms with Crippen molar-refractivity contribution in [1.82, 2.24) is 19.9 Å². The highest BCUT2D eigenvalue weighted by Crippen LogP contribution is 2.31. The van der Waals surface area contributed by atoms with Crippen molar-refractivity contribution in [2.45, 2.75) is 48.8 Å². The van der Waals surface area contributed by atoms with Gasteiger partial charge in [0.25, 0.3) is 5.91 Å². The number of methoxy groups -OCH3 is 1. The van der Waals surface area contributed by atoms with Crippen LogP contribution in [0.5, 0.6) is 0 Å². The molecule has 3 heterocycles. The van der Waals surface area contributed by atoms with Crippen molar-refractivity contribution in [3.05, 3.63) is 36.2 Å². The van der Waals surface area contributed by atoms with E-state index in [0.717, 1.165) is 52.5 Å². The summed E-state index contributed by atoms with van der Waals surface area (Å²) in [4.78, 5) is 29.4. The molecule has 8 nitrogen and oxygen atoms in total. The van der Waals surface area contributed by atoms with Gasteiger partial charge in [-0.3, -0.25) is 4.79 Å². The summed E-state index contributed by atoms with van der Waals surface area (Å²) in [5.74, 6) is 0.752. The van der Waals surface area contributed by atoms with Gasteiger partial charge >= 0.3 is 0 Å². The summed E-state index contributed by atoms with van der Waals surface area (Å²) in [5, 5.41) is 7.95. The van der Waals surface area contributed by atoms with Crippen LogP contribution in [0.3, 0.4) is 0 Å². The number of likely N-dealkylation sites (tertiary alicyclic amines) is 1. The van der Waals surface area contributed by atoms with E-state index in [0.29, 0.717) is 30.1 Å². The molecule has 1 saturated heterocycles. The smallest absolute Gasteiger partial charge is 0.253 e. The normalized spacial score (nSPS) is 22.7. The number of thioether (sulfide) groups is 1. The van der Waals surface area contributed by atoms with Crippen LogP contribution in [0.25, 0.3) is 10.2 Å². The minimum absolute atomic E-state index is 0.0665. The molecule has 33 heavy (non-hydrogen) atoms. The predicted molar refractivity (Wildman–Crippen MR) is 133 cm³/mol. The van der Waals surface area contributed by atoms with Crippen molar-refractivity contribution >= 4 is 50.3 Å². The average Bonchev–Trinajstić information content (AvgIpc) is 3.58. The highest BCUT2D eigenvalue weighted by molar-refractivity contribution is 7.98. The maximum atomic E-state index is 12.9. The van der Waals surface area contributed by atoms with E-state index in [-0.39, 0.29) is 12.0 Å². The molecule has 1 amide bonds. The van der Waals surface area contributed by atoms with Gasteiger partial charge in [0.1, 0.15) is 0 Å². The van der Waals surface area contributed by atoms with Crippen LogP contribution in [0.4, 0.5) is 11.1 Å². The summed E-state index contributed by atoms with van der Waals surface area (Å²) in [7, 11) is 1.70. The molecule has 2 aromatic heterocycles. The summed E-state index contributed by atoms with van der Waals surface area (Å²) < 4.78 is 6.42. The van der Waals surface area contributed by atoms with Gasteiger partial charge in [0.05, 0.1) is 16.3 Å². The van der Waals surface area contributed by atoms with Crippen LogP contribution in [0.2, 0.25) is 0 Å². The van der Waals surface area contributed by atoms with Crippen molar-refractivity contribution in [3.8, 4) is 0 Å². The quantitative estimate of drug-likeness (QED) is 0.484. The molecule has 1 aliphatic heterocycles. The Bertz CT molecular complexity index is 1120. The van der Waals surface area contributed by atoms with Crippen LogP contribution < -0.4 is 10.6 Å². The number of amides is 1. The lowest BCUT2D eigenvalue weighted by atomic mass is 10.2. The molecule has 0 bridgehead atoms. The van der Waals surface area contributed by atoms with Gasteiger partial charge in [-0.15, -0.1) is 11.8 Å². The molecule has 3 aromatic rings. The van der Waals surface area contributed by atoms with Gasteiger partial charge in [0.15, 0.2) is 5.13 Å². The molecule has 3 atom stereocenters. The Morgan fingerprint density at radius 1 is 1.18 bits per heavy atom. The number of carbonyl (C=O) groups is 1. The number of aromatic nitrogens is 3. The van der Waals surface area contributed by atoms with Crippen LogP contribution in [0.15, 0.2) is 35.5 Å². The zero-order chi connectivity index (χ0) is 22.8. The Kier molecular flexibility index (Phi) is 6.66.